The molecule has 0 N–H and O–H groups in total. The summed E-state index contributed by atoms with van der Waals surface area (Å²) < 4.78 is 4.80. The molecule has 0 spiro atoms. The molecule has 0 fully saturated rings. The first-order chi connectivity index (χ1) is 21.0. The van der Waals surface area contributed by atoms with Crippen molar-refractivity contribution in [1.82, 2.24) is 9.13 Å². The number of aromatic nitrogens is 2. The van der Waals surface area contributed by atoms with Crippen LogP contribution < -0.4 is 0 Å². The van der Waals surface area contributed by atoms with Crippen LogP contribution >= 0.6 is 0 Å². The van der Waals surface area contributed by atoms with Gasteiger partial charge in [-0.15, -0.1) is 0 Å². The van der Waals surface area contributed by atoms with E-state index in [0.717, 1.165) is 11.3 Å². The first-order valence-electron chi connectivity index (χ1n) is 14.9. The lowest BCUT2D eigenvalue weighted by molar-refractivity contribution is 1.17. The average Bonchev–Trinajstić information content (AvgIpc) is 3.52. The van der Waals surface area contributed by atoms with Gasteiger partial charge in [0.05, 0.1) is 22.1 Å². The summed E-state index contributed by atoms with van der Waals surface area (Å²) in [5.41, 5.74) is 14.5. The van der Waals surface area contributed by atoms with Gasteiger partial charge >= 0.3 is 0 Å². The van der Waals surface area contributed by atoms with Crippen molar-refractivity contribution in [2.45, 2.75) is 20.8 Å². The number of aryl methyl sites for hydroxylation is 3. The number of hydrogen-bond acceptors (Lipinski definition) is 0. The van der Waals surface area contributed by atoms with Crippen molar-refractivity contribution in [3.8, 4) is 22.5 Å². The van der Waals surface area contributed by atoms with Crippen molar-refractivity contribution in [2.75, 3.05) is 0 Å². The highest BCUT2D eigenvalue weighted by atomic mass is 15.0. The smallest absolute Gasteiger partial charge is 0.0541 e. The molecule has 0 saturated carbocycles. The molecule has 0 unspecified atom stereocenters. The van der Waals surface area contributed by atoms with Crippen molar-refractivity contribution < 1.29 is 0 Å². The summed E-state index contributed by atoms with van der Waals surface area (Å²) in [6, 6.07) is 44.8. The van der Waals surface area contributed by atoms with E-state index in [-0.39, 0.29) is 0 Å². The molecular formula is C41H32N2. The second kappa shape index (κ2) is 9.61. The van der Waals surface area contributed by atoms with E-state index in [4.69, 9.17) is 0 Å². The van der Waals surface area contributed by atoms with E-state index in [2.05, 4.69) is 158 Å². The normalized spacial score (nSPS) is 11.7. The fraction of sp³-hybridized carbons (Fsp3) is 0.0732. The summed E-state index contributed by atoms with van der Waals surface area (Å²) >= 11 is 0. The van der Waals surface area contributed by atoms with E-state index in [9.17, 15) is 0 Å². The van der Waals surface area contributed by atoms with Crippen molar-refractivity contribution in [3.05, 3.63) is 150 Å². The molecule has 2 heteroatoms. The Labute approximate surface area is 251 Å². The lowest BCUT2D eigenvalue weighted by Crippen LogP contribution is -1.96. The summed E-state index contributed by atoms with van der Waals surface area (Å²) in [5, 5.41) is 5.11. The molecule has 0 saturated heterocycles. The summed E-state index contributed by atoms with van der Waals surface area (Å²) in [6.45, 7) is 10.5. The Morgan fingerprint density at radius 2 is 0.837 bits per heavy atom. The van der Waals surface area contributed by atoms with E-state index in [1.807, 2.05) is 6.08 Å². The van der Waals surface area contributed by atoms with Crippen LogP contribution in [-0.4, -0.2) is 9.13 Å². The third-order valence-corrected chi connectivity index (χ3v) is 8.80. The van der Waals surface area contributed by atoms with Crippen LogP contribution in [0.4, 0.5) is 0 Å². The molecule has 2 heterocycles. The van der Waals surface area contributed by atoms with Crippen LogP contribution in [0.2, 0.25) is 0 Å². The van der Waals surface area contributed by atoms with Crippen molar-refractivity contribution in [1.29, 1.82) is 0 Å². The molecule has 8 aromatic rings. The molecule has 0 atom stereocenters. The van der Waals surface area contributed by atoms with Crippen LogP contribution in [0.3, 0.4) is 0 Å². The standard InChI is InChI=1S/C41H32N2/c1-5-29-15-19-41-37(23-29)36-22-28(4)14-18-40(36)43(41)33-11-7-9-31(25-33)30-8-6-10-32(24-30)42-38-16-12-26(2)20-34(38)35-21-27(3)13-17-39(35)42/h5-25H,1H2,2-4H3. The topological polar surface area (TPSA) is 9.86 Å². The summed E-state index contributed by atoms with van der Waals surface area (Å²) in [7, 11) is 0. The quantitative estimate of drug-likeness (QED) is 0.205. The fourth-order valence-electron chi connectivity index (χ4n) is 6.74. The Morgan fingerprint density at radius 3 is 1.26 bits per heavy atom. The van der Waals surface area contributed by atoms with Crippen molar-refractivity contribution in [2.24, 2.45) is 0 Å². The molecule has 2 aromatic heterocycles. The Balaban J connectivity index is 1.31. The third-order valence-electron chi connectivity index (χ3n) is 8.80. The van der Waals surface area contributed by atoms with Gasteiger partial charge in [0.1, 0.15) is 0 Å². The Bertz CT molecular complexity index is 2340. The highest BCUT2D eigenvalue weighted by Crippen LogP contribution is 2.37. The molecular weight excluding hydrogens is 520 g/mol. The SMILES string of the molecule is C=Cc1ccc2c(c1)c1cc(C)ccc1n2-c1cccc(-c2cccc(-n3c4ccc(C)cc4c4cc(C)ccc43)c2)c1. The molecule has 0 amide bonds. The van der Waals surface area contributed by atoms with E-state index in [0.29, 0.717) is 0 Å². The Morgan fingerprint density at radius 1 is 0.442 bits per heavy atom. The van der Waals surface area contributed by atoms with E-state index in [1.54, 1.807) is 0 Å². The lowest BCUT2D eigenvalue weighted by Gasteiger charge is -2.13. The minimum absolute atomic E-state index is 1.13. The van der Waals surface area contributed by atoms with Crippen LogP contribution in [0.1, 0.15) is 22.3 Å². The first kappa shape index (κ1) is 25.4. The Kier molecular flexibility index (Phi) is 5.67. The molecule has 0 bridgehead atoms. The number of rotatable bonds is 4. The summed E-state index contributed by atoms with van der Waals surface area (Å²) in [5.74, 6) is 0. The van der Waals surface area contributed by atoms with Crippen molar-refractivity contribution in [3.63, 3.8) is 0 Å². The van der Waals surface area contributed by atoms with Crippen LogP contribution in [0.15, 0.2) is 128 Å². The van der Waals surface area contributed by atoms with Gasteiger partial charge in [-0.2, -0.15) is 0 Å². The molecule has 43 heavy (non-hydrogen) atoms. The molecule has 2 nitrogen and oxygen atoms in total. The predicted octanol–water partition coefficient (Wildman–Crippen LogP) is 11.1. The molecule has 0 aliphatic heterocycles. The number of nitrogens with zero attached hydrogens (tertiary/aromatic N) is 2. The van der Waals surface area contributed by atoms with Crippen LogP contribution in [0.5, 0.6) is 0 Å². The van der Waals surface area contributed by atoms with Gasteiger partial charge in [0.25, 0.3) is 0 Å². The number of benzene rings is 6. The van der Waals surface area contributed by atoms with Gasteiger partial charge in [0.2, 0.25) is 0 Å². The van der Waals surface area contributed by atoms with Crippen LogP contribution in [0, 0.1) is 20.8 Å². The van der Waals surface area contributed by atoms with Crippen LogP contribution in [0.25, 0.3) is 72.2 Å². The molecule has 0 aliphatic rings. The van der Waals surface area contributed by atoms with Gasteiger partial charge in [-0.3, -0.25) is 0 Å². The summed E-state index contributed by atoms with van der Waals surface area (Å²) in [4.78, 5) is 0. The molecule has 206 valence electrons. The van der Waals surface area contributed by atoms with Gasteiger partial charge in [-0.1, -0.05) is 77.9 Å². The maximum Gasteiger partial charge on any atom is 0.0541 e. The maximum absolute atomic E-state index is 4.00. The first-order valence-corrected chi connectivity index (χ1v) is 14.9. The zero-order valence-electron chi connectivity index (χ0n) is 24.7. The number of hydrogen-bond donors (Lipinski definition) is 0. The van der Waals surface area contributed by atoms with Crippen molar-refractivity contribution >= 4 is 49.7 Å². The Hall–Kier alpha value is -5.34. The third kappa shape index (κ3) is 4.02. The van der Waals surface area contributed by atoms with E-state index in [1.165, 1.54) is 77.1 Å². The lowest BCUT2D eigenvalue weighted by atomic mass is 10.0. The molecule has 0 aliphatic carbocycles. The zero-order valence-corrected chi connectivity index (χ0v) is 24.7. The van der Waals surface area contributed by atoms with Gasteiger partial charge < -0.3 is 9.13 Å². The monoisotopic (exact) mass is 552 g/mol. The average molecular weight is 553 g/mol. The van der Waals surface area contributed by atoms with E-state index >= 15 is 0 Å². The largest absolute Gasteiger partial charge is 0.309 e. The van der Waals surface area contributed by atoms with Gasteiger partial charge in [-0.05, 0) is 110 Å². The van der Waals surface area contributed by atoms with Gasteiger partial charge in [0, 0.05) is 32.9 Å². The second-order valence-corrected chi connectivity index (χ2v) is 11.8. The highest BCUT2D eigenvalue weighted by Gasteiger charge is 2.15. The maximum atomic E-state index is 4.00. The van der Waals surface area contributed by atoms with Crippen LogP contribution in [-0.2, 0) is 0 Å². The zero-order chi connectivity index (χ0) is 29.2. The highest BCUT2D eigenvalue weighted by molar-refractivity contribution is 6.11. The van der Waals surface area contributed by atoms with E-state index < -0.39 is 0 Å². The predicted molar refractivity (Wildman–Crippen MR) is 185 cm³/mol. The fourth-order valence-corrected chi connectivity index (χ4v) is 6.74. The molecule has 6 aromatic carbocycles. The molecule has 8 rings (SSSR count). The minimum atomic E-state index is 1.13. The summed E-state index contributed by atoms with van der Waals surface area (Å²) in [6.07, 6.45) is 1.92. The molecule has 0 radical (unpaired) electrons. The van der Waals surface area contributed by atoms with Gasteiger partial charge in [0.15, 0.2) is 0 Å². The van der Waals surface area contributed by atoms with Gasteiger partial charge in [-0.25, -0.2) is 0 Å². The second-order valence-electron chi connectivity index (χ2n) is 11.8. The number of fused-ring (bicyclic) bond motifs is 6. The minimum Gasteiger partial charge on any atom is -0.309 e.